The zero-order chi connectivity index (χ0) is 13.3. The Morgan fingerprint density at radius 3 is 1.82 bits per heavy atom. The van der Waals surface area contributed by atoms with Crippen LogP contribution >= 0.6 is 44.3 Å². The third-order valence-corrected chi connectivity index (χ3v) is 11.8. The second-order valence-electron chi connectivity index (χ2n) is 3.38. The van der Waals surface area contributed by atoms with Gasteiger partial charge in [0.1, 0.15) is 0 Å². The van der Waals surface area contributed by atoms with Gasteiger partial charge in [0.15, 0.2) is 5.69 Å². The number of rotatable bonds is 4. The Bertz CT molecular complexity index is 477. The van der Waals surface area contributed by atoms with Crippen LogP contribution in [0.25, 0.3) is 0 Å². The lowest BCUT2D eigenvalue weighted by molar-refractivity contribution is 0.685. The molecule has 1 rings (SSSR count). The van der Waals surface area contributed by atoms with E-state index in [0.717, 1.165) is 5.69 Å². The average molecular weight is 368 g/mol. The summed E-state index contributed by atoms with van der Waals surface area (Å²) in [5.41, 5.74) is -1.81. The Morgan fingerprint density at radius 1 is 1.00 bits per heavy atom. The molecule has 0 aliphatic rings. The third kappa shape index (κ3) is 4.06. The van der Waals surface area contributed by atoms with Gasteiger partial charge >= 0.3 is 0 Å². The number of anilines is 1. The highest BCUT2D eigenvalue weighted by atomic mass is 35.9. The molecule has 0 radical (unpaired) electrons. The van der Waals surface area contributed by atoms with Crippen molar-refractivity contribution >= 4 is 73.6 Å². The first-order chi connectivity index (χ1) is 7.67. The molecule has 0 fully saturated rings. The van der Waals surface area contributed by atoms with Crippen LogP contribution in [-0.4, -0.2) is 18.8 Å². The monoisotopic (exact) mass is 366 g/mol. The zero-order valence-corrected chi connectivity index (χ0v) is 14.8. The summed E-state index contributed by atoms with van der Waals surface area (Å²) < 4.78 is 3.35. The van der Waals surface area contributed by atoms with Gasteiger partial charge in [-0.3, -0.25) is 9.11 Å². The topological polar surface area (TPSA) is 6.48 Å². The van der Waals surface area contributed by atoms with Crippen LogP contribution in [0, 0.1) is 0 Å². The van der Waals surface area contributed by atoms with Crippen LogP contribution in [0.3, 0.4) is 0 Å². The predicted molar refractivity (Wildman–Crippen MR) is 88.7 cm³/mol. The molecule has 1 unspecified atom stereocenters. The molecule has 0 spiro atoms. The van der Waals surface area contributed by atoms with Crippen molar-refractivity contribution in [2.45, 2.75) is 0 Å². The van der Waals surface area contributed by atoms with Crippen LogP contribution in [0.2, 0.25) is 0 Å². The maximum absolute atomic E-state index is 6.43. The first kappa shape index (κ1) is 16.2. The van der Waals surface area contributed by atoms with Crippen LogP contribution in [0.5, 0.6) is 0 Å². The van der Waals surface area contributed by atoms with Gasteiger partial charge in [0, 0.05) is 5.69 Å². The van der Waals surface area contributed by atoms with Crippen LogP contribution in [-0.2, 0) is 23.6 Å². The molecule has 17 heavy (non-hydrogen) atoms. The molecule has 1 atom stereocenters. The molecule has 0 saturated carbocycles. The van der Waals surface area contributed by atoms with E-state index in [1.165, 1.54) is 0 Å². The minimum absolute atomic E-state index is 0.757. The predicted octanol–water partition coefficient (Wildman–Crippen LogP) is 5.22. The Labute approximate surface area is 126 Å². The van der Waals surface area contributed by atoms with Gasteiger partial charge in [-0.15, -0.1) is 0 Å². The maximum Gasteiger partial charge on any atom is 0.213 e. The molecular weight excluding hydrogens is 357 g/mol. The van der Waals surface area contributed by atoms with Crippen LogP contribution in [0.1, 0.15) is 0 Å². The third-order valence-electron chi connectivity index (χ3n) is 1.93. The smallest absolute Gasteiger partial charge is 0.213 e. The van der Waals surface area contributed by atoms with Gasteiger partial charge in [0.05, 0.1) is 0 Å². The fraction of sp³-hybridized carbons (Fsp3) is 0.250. The molecule has 0 amide bonds. The average Bonchev–Trinajstić information content (AvgIpc) is 2.16. The lowest BCUT2D eigenvalue weighted by Gasteiger charge is -2.37. The van der Waals surface area contributed by atoms with E-state index < -0.39 is 10.6 Å². The van der Waals surface area contributed by atoms with Gasteiger partial charge in [-0.25, -0.2) is 0 Å². The highest BCUT2D eigenvalue weighted by Gasteiger charge is 2.35. The quantitative estimate of drug-likeness (QED) is 0.673. The minimum atomic E-state index is -2.79. The van der Waals surface area contributed by atoms with Crippen molar-refractivity contribution in [3.63, 3.8) is 0 Å². The Kier molecular flexibility index (Phi) is 5.78. The summed E-state index contributed by atoms with van der Waals surface area (Å²) in [4.78, 5) is -2.79. The Balaban J connectivity index is 3.35. The summed E-state index contributed by atoms with van der Waals surface area (Å²) in [7, 11) is 3.59. The number of para-hydroxylation sites is 1. The Morgan fingerprint density at radius 2 is 1.47 bits per heavy atom. The van der Waals surface area contributed by atoms with Gasteiger partial charge in [0.2, 0.25) is 4.89 Å². The van der Waals surface area contributed by atoms with Crippen LogP contribution in [0.15, 0.2) is 30.3 Å². The molecular formula is C8H11Cl3N2P2S2. The highest BCUT2D eigenvalue weighted by Crippen LogP contribution is 2.76. The van der Waals surface area contributed by atoms with Gasteiger partial charge in [-0.05, 0) is 83.6 Å². The number of hydrogen-bond donors (Lipinski definition) is 0. The summed E-state index contributed by atoms with van der Waals surface area (Å²) >= 11 is 29.3. The summed E-state index contributed by atoms with van der Waals surface area (Å²) in [6, 6.07) is 9.31. The van der Waals surface area contributed by atoms with Gasteiger partial charge in [-0.1, -0.05) is 18.2 Å². The largest absolute Gasteiger partial charge is 0.268 e. The van der Waals surface area contributed by atoms with Gasteiger partial charge in [-0.2, -0.15) is 0 Å². The molecule has 0 aliphatic carbocycles. The fourth-order valence-electron chi connectivity index (χ4n) is 1.14. The molecule has 0 aliphatic heterocycles. The molecule has 0 N–H and O–H groups in total. The zero-order valence-electron chi connectivity index (χ0n) is 9.13. The molecule has 0 bridgehead atoms. The van der Waals surface area contributed by atoms with E-state index in [0.29, 0.717) is 0 Å². The SMILES string of the molecule is CN(C)P(=S)(Cl)N(c1ccccc1)P(=S)(Cl)Cl. The van der Waals surface area contributed by atoms with Gasteiger partial charge < -0.3 is 0 Å². The molecule has 0 saturated heterocycles. The second-order valence-corrected chi connectivity index (χ2v) is 16.9. The molecule has 0 aromatic heterocycles. The number of halogens is 3. The summed E-state index contributed by atoms with van der Waals surface area (Å²) in [6.07, 6.45) is 0. The minimum Gasteiger partial charge on any atom is -0.268 e. The lowest BCUT2D eigenvalue weighted by atomic mass is 10.3. The summed E-state index contributed by atoms with van der Waals surface area (Å²) in [5.74, 6) is 0. The number of benzene rings is 1. The lowest BCUT2D eigenvalue weighted by Crippen LogP contribution is -2.19. The van der Waals surface area contributed by atoms with E-state index in [1.54, 1.807) is 23.2 Å². The van der Waals surface area contributed by atoms with E-state index in [1.807, 2.05) is 30.3 Å². The van der Waals surface area contributed by atoms with Crippen molar-refractivity contribution in [1.29, 1.82) is 0 Å². The van der Waals surface area contributed by atoms with Crippen molar-refractivity contribution in [2.24, 2.45) is 0 Å². The number of hydrogen-bond acceptors (Lipinski definition) is 2. The molecule has 1 aromatic rings. The van der Waals surface area contributed by atoms with Crippen molar-refractivity contribution in [3.05, 3.63) is 30.3 Å². The van der Waals surface area contributed by atoms with E-state index >= 15 is 0 Å². The van der Waals surface area contributed by atoms with E-state index in [9.17, 15) is 0 Å². The standard InChI is InChI=1S/C8H11Cl3N2P2S2/c1-12(2)15(11,17)13(14(9,10)16)8-6-4-3-5-7-8/h3-7H,1-2H3. The summed E-state index contributed by atoms with van der Waals surface area (Å²) in [5, 5.41) is 0. The molecule has 1 aromatic carbocycles. The van der Waals surface area contributed by atoms with E-state index in [2.05, 4.69) is 0 Å². The molecule has 96 valence electrons. The molecule has 0 heterocycles. The number of nitrogens with zero attached hydrogens (tertiary/aromatic N) is 2. The van der Waals surface area contributed by atoms with Crippen molar-refractivity contribution in [1.82, 2.24) is 4.67 Å². The van der Waals surface area contributed by atoms with Gasteiger partial charge in [0.25, 0.3) is 0 Å². The second kappa shape index (κ2) is 6.07. The first-order valence-corrected chi connectivity index (χ1v) is 12.7. The first-order valence-electron chi connectivity index (χ1n) is 4.50. The normalized spacial score (nSPS) is 15.6. The molecule has 2 nitrogen and oxygen atoms in total. The van der Waals surface area contributed by atoms with Crippen molar-refractivity contribution in [3.8, 4) is 0 Å². The van der Waals surface area contributed by atoms with E-state index in [4.69, 9.17) is 57.3 Å². The van der Waals surface area contributed by atoms with Crippen LogP contribution < -0.4 is 4.44 Å². The molecule has 9 heteroatoms. The van der Waals surface area contributed by atoms with E-state index in [-0.39, 0.29) is 0 Å². The van der Waals surface area contributed by atoms with Crippen molar-refractivity contribution < 1.29 is 0 Å². The summed E-state index contributed by atoms with van der Waals surface area (Å²) in [6.45, 7) is 0. The fourth-order valence-corrected chi connectivity index (χ4v) is 11.9. The maximum atomic E-state index is 6.43. The van der Waals surface area contributed by atoms with Crippen molar-refractivity contribution in [2.75, 3.05) is 18.5 Å². The van der Waals surface area contributed by atoms with Crippen LogP contribution in [0.4, 0.5) is 5.69 Å². The Hall–Kier alpha value is 1.15. The highest BCUT2D eigenvalue weighted by molar-refractivity contribution is 8.45.